The Morgan fingerprint density at radius 2 is 2.22 bits per heavy atom. The van der Waals surface area contributed by atoms with Crippen LogP contribution in [0.5, 0.6) is 0 Å². The van der Waals surface area contributed by atoms with Gasteiger partial charge in [-0.25, -0.2) is 0 Å². The Kier molecular flexibility index (Phi) is 4.23. The molecule has 1 amide bonds. The first-order chi connectivity index (χ1) is 11.2. The molecule has 0 aliphatic heterocycles. The van der Waals surface area contributed by atoms with Crippen molar-refractivity contribution in [3.8, 4) is 0 Å². The van der Waals surface area contributed by atoms with Gasteiger partial charge in [-0.3, -0.25) is 14.8 Å². The molecule has 0 bridgehead atoms. The predicted octanol–water partition coefficient (Wildman–Crippen LogP) is 3.04. The lowest BCUT2D eigenvalue weighted by Crippen LogP contribution is -2.13. The molecule has 0 unspecified atom stereocenters. The van der Waals surface area contributed by atoms with Crippen molar-refractivity contribution in [3.63, 3.8) is 0 Å². The number of hydrogen-bond donors (Lipinski definition) is 1. The molecule has 0 atom stereocenters. The van der Waals surface area contributed by atoms with Crippen molar-refractivity contribution < 1.29 is 9.32 Å². The number of amides is 1. The number of nitrogens with one attached hydrogen (secondary N) is 1. The Morgan fingerprint density at radius 3 is 2.96 bits per heavy atom. The third-order valence-corrected chi connectivity index (χ3v) is 3.66. The van der Waals surface area contributed by atoms with Gasteiger partial charge < -0.3 is 4.52 Å². The molecule has 118 valence electrons. The second-order valence-electron chi connectivity index (χ2n) is 5.29. The maximum absolute atomic E-state index is 12.4. The first-order valence-corrected chi connectivity index (χ1v) is 7.50. The zero-order valence-electron chi connectivity index (χ0n) is 13.1. The van der Waals surface area contributed by atoms with E-state index in [1.165, 1.54) is 0 Å². The predicted molar refractivity (Wildman–Crippen MR) is 86.3 cm³/mol. The number of hydrogen-bond acceptors (Lipinski definition) is 4. The molecule has 6 heteroatoms. The van der Waals surface area contributed by atoms with E-state index in [-0.39, 0.29) is 5.91 Å². The number of aromatic nitrogens is 3. The lowest BCUT2D eigenvalue weighted by Gasteiger charge is -2.06. The Balaban J connectivity index is 1.77. The van der Waals surface area contributed by atoms with Crippen LogP contribution in [-0.4, -0.2) is 20.8 Å². The third kappa shape index (κ3) is 3.31. The van der Waals surface area contributed by atoms with E-state index < -0.39 is 0 Å². The molecule has 1 aromatic carbocycles. The fourth-order valence-electron chi connectivity index (χ4n) is 2.47. The summed E-state index contributed by atoms with van der Waals surface area (Å²) in [7, 11) is 0. The Labute approximate surface area is 134 Å². The number of benzene rings is 1. The highest BCUT2D eigenvalue weighted by molar-refractivity contribution is 6.04. The van der Waals surface area contributed by atoms with Crippen molar-refractivity contribution in [2.24, 2.45) is 0 Å². The largest absolute Gasteiger partial charge is 0.338 e. The zero-order chi connectivity index (χ0) is 16.2. The van der Waals surface area contributed by atoms with E-state index in [0.29, 0.717) is 18.0 Å². The molecule has 23 heavy (non-hydrogen) atoms. The smallest absolute Gasteiger partial charge is 0.258 e. The average molecular weight is 310 g/mol. The molecule has 0 saturated carbocycles. The van der Waals surface area contributed by atoms with Crippen molar-refractivity contribution in [2.75, 3.05) is 5.32 Å². The van der Waals surface area contributed by atoms with Crippen LogP contribution in [-0.2, 0) is 13.0 Å². The van der Waals surface area contributed by atoms with E-state index in [1.54, 1.807) is 12.3 Å². The van der Waals surface area contributed by atoms with E-state index >= 15 is 0 Å². The van der Waals surface area contributed by atoms with Crippen LogP contribution in [0, 0.1) is 6.92 Å². The number of aryl methyl sites for hydroxylation is 1. The van der Waals surface area contributed by atoms with Crippen LogP contribution in [0.4, 0.5) is 5.88 Å². The van der Waals surface area contributed by atoms with Crippen molar-refractivity contribution in [3.05, 3.63) is 65.1 Å². The Bertz CT molecular complexity index is 806. The highest BCUT2D eigenvalue weighted by Crippen LogP contribution is 2.20. The van der Waals surface area contributed by atoms with Gasteiger partial charge in [-0.2, -0.15) is 5.10 Å². The van der Waals surface area contributed by atoms with Gasteiger partial charge in [-0.15, -0.1) is 0 Å². The summed E-state index contributed by atoms with van der Waals surface area (Å²) >= 11 is 0. The summed E-state index contributed by atoms with van der Waals surface area (Å²) in [6, 6.07) is 9.33. The molecule has 1 N–H and O–H groups in total. The maximum atomic E-state index is 12.4. The minimum absolute atomic E-state index is 0.210. The van der Waals surface area contributed by atoms with E-state index in [2.05, 4.69) is 15.6 Å². The highest BCUT2D eigenvalue weighted by atomic mass is 16.5. The Morgan fingerprint density at radius 1 is 1.35 bits per heavy atom. The molecular weight excluding hydrogens is 292 g/mol. The van der Waals surface area contributed by atoms with Gasteiger partial charge in [0.1, 0.15) is 0 Å². The summed E-state index contributed by atoms with van der Waals surface area (Å²) in [4.78, 5) is 12.4. The molecule has 3 rings (SSSR count). The molecule has 0 radical (unpaired) electrons. The van der Waals surface area contributed by atoms with E-state index in [0.717, 1.165) is 23.2 Å². The number of carbonyl (C=O) groups is 1. The SMILES string of the molecule is CCc1c(C)noc1NC(=O)c1cccc(Cn2cccn2)c1. The van der Waals surface area contributed by atoms with Gasteiger partial charge in [0, 0.05) is 23.5 Å². The highest BCUT2D eigenvalue weighted by Gasteiger charge is 2.15. The van der Waals surface area contributed by atoms with E-state index in [9.17, 15) is 4.79 Å². The van der Waals surface area contributed by atoms with Gasteiger partial charge in [-0.05, 0) is 37.1 Å². The van der Waals surface area contributed by atoms with Gasteiger partial charge in [0.2, 0.25) is 5.88 Å². The van der Waals surface area contributed by atoms with Crippen molar-refractivity contribution in [2.45, 2.75) is 26.8 Å². The molecule has 3 aromatic rings. The summed E-state index contributed by atoms with van der Waals surface area (Å²) in [6.07, 6.45) is 4.37. The number of anilines is 1. The molecule has 0 aliphatic carbocycles. The van der Waals surface area contributed by atoms with Crippen LogP contribution >= 0.6 is 0 Å². The summed E-state index contributed by atoms with van der Waals surface area (Å²) in [5.41, 5.74) is 3.30. The standard InChI is InChI=1S/C17H18N4O2/c1-3-15-12(2)20-23-17(15)19-16(22)14-7-4-6-13(10-14)11-21-9-5-8-18-21/h4-10H,3,11H2,1-2H3,(H,19,22). The molecule has 6 nitrogen and oxygen atoms in total. The summed E-state index contributed by atoms with van der Waals surface area (Å²) in [5, 5.41) is 10.9. The van der Waals surface area contributed by atoms with Crippen molar-refractivity contribution >= 4 is 11.8 Å². The van der Waals surface area contributed by atoms with Crippen LogP contribution in [0.3, 0.4) is 0 Å². The molecular formula is C17H18N4O2. The maximum Gasteiger partial charge on any atom is 0.258 e. The molecule has 0 saturated heterocycles. The van der Waals surface area contributed by atoms with Gasteiger partial charge >= 0.3 is 0 Å². The van der Waals surface area contributed by atoms with Gasteiger partial charge in [0.25, 0.3) is 5.91 Å². The normalized spacial score (nSPS) is 10.7. The number of carbonyl (C=O) groups excluding carboxylic acids is 1. The fraction of sp³-hybridized carbons (Fsp3) is 0.235. The first-order valence-electron chi connectivity index (χ1n) is 7.50. The molecule has 0 spiro atoms. The quantitative estimate of drug-likeness (QED) is 0.786. The Hall–Kier alpha value is -2.89. The minimum atomic E-state index is -0.210. The number of nitrogens with zero attached hydrogens (tertiary/aromatic N) is 3. The third-order valence-electron chi connectivity index (χ3n) is 3.66. The minimum Gasteiger partial charge on any atom is -0.338 e. The van der Waals surface area contributed by atoms with Crippen LogP contribution in [0.1, 0.15) is 34.1 Å². The van der Waals surface area contributed by atoms with Gasteiger partial charge in [0.05, 0.1) is 12.2 Å². The lowest BCUT2D eigenvalue weighted by atomic mass is 10.1. The van der Waals surface area contributed by atoms with Crippen LogP contribution in [0.2, 0.25) is 0 Å². The van der Waals surface area contributed by atoms with Crippen LogP contribution < -0.4 is 5.32 Å². The fourth-order valence-corrected chi connectivity index (χ4v) is 2.47. The van der Waals surface area contributed by atoms with Crippen LogP contribution in [0.25, 0.3) is 0 Å². The van der Waals surface area contributed by atoms with Gasteiger partial charge in [0.15, 0.2) is 0 Å². The molecule has 2 heterocycles. The zero-order valence-corrected chi connectivity index (χ0v) is 13.1. The summed E-state index contributed by atoms with van der Waals surface area (Å²) in [5.74, 6) is 0.214. The number of rotatable bonds is 5. The van der Waals surface area contributed by atoms with E-state index in [1.807, 2.05) is 49.0 Å². The monoisotopic (exact) mass is 310 g/mol. The second-order valence-corrected chi connectivity index (χ2v) is 5.29. The van der Waals surface area contributed by atoms with Crippen molar-refractivity contribution in [1.29, 1.82) is 0 Å². The lowest BCUT2D eigenvalue weighted by molar-refractivity contribution is 0.102. The summed E-state index contributed by atoms with van der Waals surface area (Å²) in [6.45, 7) is 4.48. The summed E-state index contributed by atoms with van der Waals surface area (Å²) < 4.78 is 7.01. The van der Waals surface area contributed by atoms with Crippen molar-refractivity contribution in [1.82, 2.24) is 14.9 Å². The first kappa shape index (κ1) is 15.0. The average Bonchev–Trinajstić information content (AvgIpc) is 3.17. The van der Waals surface area contributed by atoms with E-state index in [4.69, 9.17) is 4.52 Å². The topological polar surface area (TPSA) is 73.0 Å². The molecule has 0 aliphatic rings. The van der Waals surface area contributed by atoms with Crippen LogP contribution in [0.15, 0.2) is 47.2 Å². The molecule has 0 fully saturated rings. The van der Waals surface area contributed by atoms with Gasteiger partial charge in [-0.1, -0.05) is 24.2 Å². The molecule has 2 aromatic heterocycles. The second kappa shape index (κ2) is 6.48.